The molecular formula is C28H31N5O5S. The number of benzene rings is 2. The first kappa shape index (κ1) is 26.7. The summed E-state index contributed by atoms with van der Waals surface area (Å²) in [5, 5.41) is 18.0. The van der Waals surface area contributed by atoms with Crippen LogP contribution in [0.1, 0.15) is 43.0 Å². The molecule has 4 atom stereocenters. The van der Waals surface area contributed by atoms with Gasteiger partial charge in [-0.05, 0) is 31.4 Å². The highest BCUT2D eigenvalue weighted by Gasteiger charge is 2.64. The largest absolute Gasteiger partial charge is 0.480 e. The van der Waals surface area contributed by atoms with Crippen LogP contribution in [0, 0.1) is 0 Å². The molecule has 4 N–H and O–H groups in total. The van der Waals surface area contributed by atoms with Gasteiger partial charge < -0.3 is 26.0 Å². The van der Waals surface area contributed by atoms with Crippen LogP contribution in [-0.2, 0) is 25.6 Å². The van der Waals surface area contributed by atoms with Crippen molar-refractivity contribution in [1.82, 2.24) is 20.9 Å². The highest BCUT2D eigenvalue weighted by molar-refractivity contribution is 8.01. The number of carboxylic acid groups (broad SMARTS) is 1. The van der Waals surface area contributed by atoms with Gasteiger partial charge in [0.15, 0.2) is 0 Å². The Hall–Kier alpha value is -3.86. The van der Waals surface area contributed by atoms with Gasteiger partial charge >= 0.3 is 5.97 Å². The molecule has 10 nitrogen and oxygen atoms in total. The molecule has 11 heteroatoms. The minimum Gasteiger partial charge on any atom is -0.480 e. The first-order valence-corrected chi connectivity index (χ1v) is 13.8. The molecule has 3 heterocycles. The number of hydrogen-bond donors (Lipinski definition) is 4. The number of fused-ring (bicyclic) bond motifs is 1. The lowest BCUT2D eigenvalue weighted by atomic mass is 9.95. The number of aliphatic imine (C=N–C) groups is 1. The number of amidine groups is 1. The fourth-order valence-electron chi connectivity index (χ4n) is 5.23. The van der Waals surface area contributed by atoms with Gasteiger partial charge in [0.1, 0.15) is 29.3 Å². The Morgan fingerprint density at radius 3 is 2.51 bits per heavy atom. The van der Waals surface area contributed by atoms with Gasteiger partial charge in [-0.2, -0.15) is 0 Å². The molecule has 0 unspecified atom stereocenters. The zero-order chi connectivity index (χ0) is 27.7. The van der Waals surface area contributed by atoms with E-state index in [1.807, 2.05) is 30.3 Å². The van der Waals surface area contributed by atoms with Crippen LogP contribution in [0.3, 0.4) is 0 Å². The molecule has 39 heavy (non-hydrogen) atoms. The van der Waals surface area contributed by atoms with Gasteiger partial charge in [0.2, 0.25) is 17.7 Å². The van der Waals surface area contributed by atoms with E-state index in [2.05, 4.69) is 20.9 Å². The second-order valence-corrected chi connectivity index (χ2v) is 12.2. The van der Waals surface area contributed by atoms with Crippen molar-refractivity contribution in [3.63, 3.8) is 0 Å². The Kier molecular flexibility index (Phi) is 7.35. The monoisotopic (exact) mass is 549 g/mol. The van der Waals surface area contributed by atoms with Gasteiger partial charge in [-0.25, -0.2) is 4.79 Å². The molecule has 2 fully saturated rings. The van der Waals surface area contributed by atoms with Crippen LogP contribution in [0.5, 0.6) is 0 Å². The van der Waals surface area contributed by atoms with Crippen molar-refractivity contribution in [3.05, 3.63) is 71.3 Å². The van der Waals surface area contributed by atoms with Gasteiger partial charge in [-0.3, -0.25) is 19.4 Å². The molecule has 0 aromatic heterocycles. The Morgan fingerprint density at radius 2 is 1.87 bits per heavy atom. The van der Waals surface area contributed by atoms with Crippen LogP contribution in [0.15, 0.2) is 59.6 Å². The van der Waals surface area contributed by atoms with E-state index in [-0.39, 0.29) is 12.3 Å². The molecule has 3 aliphatic rings. The number of carbonyl (C=O) groups is 4. The first-order chi connectivity index (χ1) is 18.7. The standard InChI is InChI=1S/C28H31N5O5S/c1-28(2)22(27(37)38)33-25(36)21(26(33)39-28)32-24(35)20(17-7-4-3-5-8-17)31-19(34)15-16-9-11-18(12-10-16)23-29-13-6-14-30-23/h3-5,7-12,20-22,26H,6,13-15H2,1-2H3,(H,29,30)(H,31,34)(H,32,35)(H,37,38)/t20-,21-,22+,26-/m1/s1. The summed E-state index contributed by atoms with van der Waals surface area (Å²) in [6.45, 7) is 5.23. The molecule has 204 valence electrons. The third-order valence-corrected chi connectivity index (χ3v) is 8.73. The zero-order valence-electron chi connectivity index (χ0n) is 21.7. The van der Waals surface area contributed by atoms with E-state index in [0.29, 0.717) is 5.56 Å². The minimum absolute atomic E-state index is 0.0693. The summed E-state index contributed by atoms with van der Waals surface area (Å²) < 4.78 is -0.701. The molecule has 3 aliphatic heterocycles. The highest BCUT2D eigenvalue weighted by atomic mass is 32.2. The van der Waals surface area contributed by atoms with E-state index in [4.69, 9.17) is 0 Å². The minimum atomic E-state index is -1.07. The number of rotatable bonds is 8. The predicted octanol–water partition coefficient (Wildman–Crippen LogP) is 1.46. The van der Waals surface area contributed by atoms with Crippen molar-refractivity contribution in [2.75, 3.05) is 13.1 Å². The second-order valence-electron chi connectivity index (χ2n) is 10.4. The van der Waals surface area contributed by atoms with Crippen molar-refractivity contribution in [2.24, 2.45) is 4.99 Å². The molecule has 0 radical (unpaired) electrons. The maximum Gasteiger partial charge on any atom is 0.327 e. The maximum absolute atomic E-state index is 13.4. The van der Waals surface area contributed by atoms with Crippen LogP contribution < -0.4 is 16.0 Å². The van der Waals surface area contributed by atoms with Gasteiger partial charge in [-0.15, -0.1) is 11.8 Å². The molecule has 0 spiro atoms. The maximum atomic E-state index is 13.4. The van der Waals surface area contributed by atoms with Crippen molar-refractivity contribution in [3.8, 4) is 0 Å². The SMILES string of the molecule is CC1(C)S[C@@H]2[C@H](NC(=O)[C@H](NC(=O)Cc3ccc(C4=NCCCN4)cc3)c3ccccc3)C(=O)N2[C@H]1C(=O)O. The van der Waals surface area contributed by atoms with Crippen LogP contribution in [-0.4, -0.2) is 74.8 Å². The average molecular weight is 550 g/mol. The molecule has 5 rings (SSSR count). The summed E-state index contributed by atoms with van der Waals surface area (Å²) in [6, 6.07) is 13.5. The van der Waals surface area contributed by atoms with Gasteiger partial charge in [0.05, 0.1) is 6.42 Å². The van der Waals surface area contributed by atoms with Crippen molar-refractivity contribution >= 4 is 41.3 Å². The number of nitrogens with one attached hydrogen (secondary N) is 3. The number of β-lactam (4-membered cyclic amide) rings is 1. The van der Waals surface area contributed by atoms with E-state index >= 15 is 0 Å². The van der Waals surface area contributed by atoms with E-state index in [1.165, 1.54) is 16.7 Å². The number of hydrogen-bond acceptors (Lipinski definition) is 7. The number of carboxylic acids is 1. The lowest BCUT2D eigenvalue weighted by Crippen LogP contribution is -2.71. The Balaban J connectivity index is 1.26. The lowest BCUT2D eigenvalue weighted by Gasteiger charge is -2.44. The third kappa shape index (κ3) is 5.36. The van der Waals surface area contributed by atoms with Crippen molar-refractivity contribution in [2.45, 2.75) is 54.9 Å². The van der Waals surface area contributed by atoms with Crippen LogP contribution in [0.25, 0.3) is 0 Å². The molecule has 3 amide bonds. The zero-order valence-corrected chi connectivity index (χ0v) is 22.5. The highest BCUT2D eigenvalue weighted by Crippen LogP contribution is 2.50. The van der Waals surface area contributed by atoms with E-state index < -0.39 is 46.0 Å². The third-order valence-electron chi connectivity index (χ3n) is 7.16. The smallest absolute Gasteiger partial charge is 0.327 e. The molecule has 2 saturated heterocycles. The summed E-state index contributed by atoms with van der Waals surface area (Å²) in [4.78, 5) is 56.9. The fourth-order valence-corrected chi connectivity index (χ4v) is 6.86. The quantitative estimate of drug-likeness (QED) is 0.366. The van der Waals surface area contributed by atoms with Crippen molar-refractivity contribution in [1.29, 1.82) is 0 Å². The van der Waals surface area contributed by atoms with E-state index in [1.54, 1.807) is 38.1 Å². The fraction of sp³-hybridized carbons (Fsp3) is 0.393. The summed E-state index contributed by atoms with van der Waals surface area (Å²) >= 11 is 1.35. The van der Waals surface area contributed by atoms with Gasteiger partial charge in [0, 0.05) is 23.4 Å². The lowest BCUT2D eigenvalue weighted by molar-refractivity contribution is -0.161. The molecular weight excluding hydrogens is 518 g/mol. The van der Waals surface area contributed by atoms with Crippen LogP contribution in [0.2, 0.25) is 0 Å². The van der Waals surface area contributed by atoms with Gasteiger partial charge in [0.25, 0.3) is 0 Å². The number of nitrogens with zero attached hydrogens (tertiary/aromatic N) is 2. The molecule has 0 saturated carbocycles. The Morgan fingerprint density at radius 1 is 1.15 bits per heavy atom. The number of amides is 3. The summed E-state index contributed by atoms with van der Waals surface area (Å²) in [6.07, 6.45) is 1.07. The molecule has 2 aromatic carbocycles. The number of carbonyl (C=O) groups excluding carboxylic acids is 3. The van der Waals surface area contributed by atoms with Gasteiger partial charge in [-0.1, -0.05) is 54.6 Å². The van der Waals surface area contributed by atoms with Crippen LogP contribution >= 0.6 is 11.8 Å². The molecule has 2 aromatic rings. The summed E-state index contributed by atoms with van der Waals surface area (Å²) in [7, 11) is 0. The average Bonchev–Trinajstić information content (AvgIpc) is 3.19. The molecule has 0 aliphatic carbocycles. The van der Waals surface area contributed by atoms with E-state index in [9.17, 15) is 24.3 Å². The topological polar surface area (TPSA) is 140 Å². The van der Waals surface area contributed by atoms with E-state index in [0.717, 1.165) is 36.5 Å². The Bertz CT molecular complexity index is 1310. The predicted molar refractivity (Wildman–Crippen MR) is 147 cm³/mol. The summed E-state index contributed by atoms with van der Waals surface area (Å²) in [5.41, 5.74) is 2.32. The van der Waals surface area contributed by atoms with Crippen molar-refractivity contribution < 1.29 is 24.3 Å². The Labute approximate surface area is 230 Å². The number of aliphatic carboxylic acids is 1. The molecule has 0 bridgehead atoms. The summed E-state index contributed by atoms with van der Waals surface area (Å²) in [5.74, 6) is -1.53. The second kappa shape index (κ2) is 10.7. The number of thioether (sulfide) groups is 1. The van der Waals surface area contributed by atoms with Crippen LogP contribution in [0.4, 0.5) is 0 Å². The first-order valence-electron chi connectivity index (χ1n) is 12.9. The normalized spacial score (nSPS) is 23.9.